The molecule has 0 aliphatic carbocycles. The zero-order valence-corrected chi connectivity index (χ0v) is 18.8. The Morgan fingerprint density at radius 2 is 1.73 bits per heavy atom. The highest BCUT2D eigenvalue weighted by molar-refractivity contribution is 7.92. The normalized spacial score (nSPS) is 11.2. The highest BCUT2D eigenvalue weighted by atomic mass is 32.2. The fourth-order valence-corrected chi connectivity index (χ4v) is 4.37. The Kier molecular flexibility index (Phi) is 6.50. The summed E-state index contributed by atoms with van der Waals surface area (Å²) in [5.74, 6) is -0.357. The minimum atomic E-state index is -3.82. The number of nitrogens with one attached hydrogen (secondary N) is 2. The van der Waals surface area contributed by atoms with Crippen LogP contribution in [0.15, 0.2) is 90.3 Å². The number of hydrogen-bond acceptors (Lipinski definition) is 5. The number of benzene rings is 3. The third-order valence-corrected chi connectivity index (χ3v) is 6.34. The number of rotatable bonds is 8. The Bertz CT molecular complexity index is 1350. The van der Waals surface area contributed by atoms with Gasteiger partial charge in [-0.1, -0.05) is 48.0 Å². The van der Waals surface area contributed by atoms with Crippen molar-refractivity contribution >= 4 is 21.6 Å². The fraction of sp³-hybridized carbons (Fsp3) is 0.125. The van der Waals surface area contributed by atoms with Crippen molar-refractivity contribution in [3.63, 3.8) is 0 Å². The van der Waals surface area contributed by atoms with E-state index in [4.69, 9.17) is 0 Å². The summed E-state index contributed by atoms with van der Waals surface area (Å²) in [4.78, 5) is 16.6. The lowest BCUT2D eigenvalue weighted by atomic mass is 10.1. The van der Waals surface area contributed by atoms with E-state index >= 15 is 0 Å². The molecule has 0 atom stereocenters. The van der Waals surface area contributed by atoms with E-state index in [0.29, 0.717) is 18.8 Å². The summed E-state index contributed by atoms with van der Waals surface area (Å²) in [6, 6.07) is 20.8. The van der Waals surface area contributed by atoms with Gasteiger partial charge in [0, 0.05) is 17.8 Å². The largest absolute Gasteiger partial charge is 0.348 e. The summed E-state index contributed by atoms with van der Waals surface area (Å²) in [6.07, 6.45) is 3.12. The van der Waals surface area contributed by atoms with Crippen molar-refractivity contribution in [2.75, 3.05) is 4.72 Å². The van der Waals surface area contributed by atoms with Crippen molar-refractivity contribution in [2.45, 2.75) is 24.9 Å². The van der Waals surface area contributed by atoms with Crippen LogP contribution in [0.2, 0.25) is 0 Å². The highest BCUT2D eigenvalue weighted by Gasteiger charge is 2.16. The lowest BCUT2D eigenvalue weighted by Crippen LogP contribution is -2.23. The molecule has 0 saturated heterocycles. The third-order valence-electron chi connectivity index (χ3n) is 4.97. The zero-order chi connectivity index (χ0) is 23.3. The summed E-state index contributed by atoms with van der Waals surface area (Å²) in [5.41, 5.74) is 3.70. The van der Waals surface area contributed by atoms with E-state index in [-0.39, 0.29) is 16.4 Å². The molecule has 0 aliphatic rings. The molecule has 1 heterocycles. The van der Waals surface area contributed by atoms with Gasteiger partial charge in [0.15, 0.2) is 0 Å². The van der Waals surface area contributed by atoms with Gasteiger partial charge < -0.3 is 5.32 Å². The van der Waals surface area contributed by atoms with E-state index in [1.54, 1.807) is 35.3 Å². The summed E-state index contributed by atoms with van der Waals surface area (Å²) in [5, 5.41) is 6.94. The van der Waals surface area contributed by atoms with Crippen molar-refractivity contribution < 1.29 is 13.2 Å². The van der Waals surface area contributed by atoms with E-state index in [2.05, 4.69) is 20.1 Å². The molecule has 9 heteroatoms. The van der Waals surface area contributed by atoms with Gasteiger partial charge in [0.25, 0.3) is 15.9 Å². The second-order valence-electron chi connectivity index (χ2n) is 7.60. The molecule has 1 aromatic heterocycles. The van der Waals surface area contributed by atoms with E-state index in [0.717, 1.165) is 16.7 Å². The molecule has 4 rings (SSSR count). The number of hydrogen-bond donors (Lipinski definition) is 2. The molecule has 168 valence electrons. The monoisotopic (exact) mass is 461 g/mol. The molecule has 0 radical (unpaired) electrons. The lowest BCUT2D eigenvalue weighted by Gasteiger charge is -2.11. The van der Waals surface area contributed by atoms with Crippen LogP contribution in [0.4, 0.5) is 5.69 Å². The smallest absolute Gasteiger partial charge is 0.261 e. The van der Waals surface area contributed by atoms with Crippen LogP contribution in [0, 0.1) is 6.92 Å². The molecular weight excluding hydrogens is 438 g/mol. The predicted molar refractivity (Wildman–Crippen MR) is 125 cm³/mol. The number of aryl methyl sites for hydroxylation is 1. The quantitative estimate of drug-likeness (QED) is 0.419. The summed E-state index contributed by atoms with van der Waals surface area (Å²) >= 11 is 0. The average Bonchev–Trinajstić information content (AvgIpc) is 3.32. The second-order valence-corrected chi connectivity index (χ2v) is 9.28. The summed E-state index contributed by atoms with van der Waals surface area (Å²) in [7, 11) is -3.82. The number of carbonyl (C=O) groups is 1. The Morgan fingerprint density at radius 3 is 2.48 bits per heavy atom. The number of anilines is 1. The molecule has 1 amide bonds. The Balaban J connectivity index is 1.42. The van der Waals surface area contributed by atoms with Crippen LogP contribution in [0.5, 0.6) is 0 Å². The molecule has 33 heavy (non-hydrogen) atoms. The summed E-state index contributed by atoms with van der Waals surface area (Å²) in [6.45, 7) is 2.81. The lowest BCUT2D eigenvalue weighted by molar-refractivity contribution is 0.0950. The van der Waals surface area contributed by atoms with Gasteiger partial charge in [-0.2, -0.15) is 5.10 Å². The van der Waals surface area contributed by atoms with Crippen molar-refractivity contribution in [1.82, 2.24) is 20.1 Å². The van der Waals surface area contributed by atoms with E-state index < -0.39 is 10.0 Å². The van der Waals surface area contributed by atoms with Crippen LogP contribution >= 0.6 is 0 Å². The van der Waals surface area contributed by atoms with Gasteiger partial charge in [-0.15, -0.1) is 0 Å². The minimum absolute atomic E-state index is 0.0190. The molecule has 0 bridgehead atoms. The molecule has 0 fully saturated rings. The number of amides is 1. The Hall–Kier alpha value is -3.98. The van der Waals surface area contributed by atoms with Gasteiger partial charge in [-0.05, 0) is 48.4 Å². The third kappa shape index (κ3) is 5.83. The first-order valence-electron chi connectivity index (χ1n) is 10.3. The van der Waals surface area contributed by atoms with Crippen LogP contribution in [0.25, 0.3) is 0 Å². The number of nitrogens with zero attached hydrogens (tertiary/aromatic N) is 3. The average molecular weight is 462 g/mol. The minimum Gasteiger partial charge on any atom is -0.348 e. The van der Waals surface area contributed by atoms with Crippen molar-refractivity contribution in [3.05, 3.63) is 108 Å². The maximum atomic E-state index is 12.8. The maximum Gasteiger partial charge on any atom is 0.261 e. The van der Waals surface area contributed by atoms with Crippen LogP contribution in [0.1, 0.15) is 27.0 Å². The molecule has 0 aliphatic heterocycles. The molecule has 0 unspecified atom stereocenters. The molecule has 3 aromatic carbocycles. The first-order valence-corrected chi connectivity index (χ1v) is 11.8. The molecular formula is C24H23N5O3S. The standard InChI is InChI=1S/C24H23N5O3S/c1-18-8-10-22(11-9-18)28-33(31,32)23-7-3-6-21(13-23)24(30)26-14-19-4-2-5-20(12-19)15-29-17-25-16-27-29/h2-13,16-17,28H,14-15H2,1H3,(H,26,30). The fourth-order valence-electron chi connectivity index (χ4n) is 3.26. The number of aromatic nitrogens is 3. The molecule has 0 saturated carbocycles. The van der Waals surface area contributed by atoms with Gasteiger partial charge in [0.2, 0.25) is 0 Å². The Morgan fingerprint density at radius 1 is 0.970 bits per heavy atom. The van der Waals surface area contributed by atoms with Gasteiger partial charge in [-0.3, -0.25) is 9.52 Å². The molecule has 8 nitrogen and oxygen atoms in total. The highest BCUT2D eigenvalue weighted by Crippen LogP contribution is 2.18. The maximum absolute atomic E-state index is 12.8. The van der Waals surface area contributed by atoms with Crippen LogP contribution in [0.3, 0.4) is 0 Å². The topological polar surface area (TPSA) is 106 Å². The first kappa shape index (κ1) is 22.2. The van der Waals surface area contributed by atoms with Crippen molar-refractivity contribution in [2.24, 2.45) is 0 Å². The van der Waals surface area contributed by atoms with Gasteiger partial charge in [-0.25, -0.2) is 18.1 Å². The van der Waals surface area contributed by atoms with Crippen molar-refractivity contribution in [1.29, 1.82) is 0 Å². The van der Waals surface area contributed by atoms with Gasteiger partial charge >= 0.3 is 0 Å². The van der Waals surface area contributed by atoms with E-state index in [1.807, 2.05) is 43.3 Å². The Labute approximate surface area is 192 Å². The van der Waals surface area contributed by atoms with Gasteiger partial charge in [0.1, 0.15) is 12.7 Å². The first-order chi connectivity index (χ1) is 15.9. The van der Waals surface area contributed by atoms with E-state index in [9.17, 15) is 13.2 Å². The van der Waals surface area contributed by atoms with Crippen LogP contribution in [-0.2, 0) is 23.1 Å². The predicted octanol–water partition coefficient (Wildman–Crippen LogP) is 3.37. The SMILES string of the molecule is Cc1ccc(NS(=O)(=O)c2cccc(C(=O)NCc3cccc(Cn4cncn4)c3)c2)cc1. The molecule has 2 N–H and O–H groups in total. The van der Waals surface area contributed by atoms with Crippen LogP contribution in [-0.4, -0.2) is 29.1 Å². The number of carbonyl (C=O) groups excluding carboxylic acids is 1. The zero-order valence-electron chi connectivity index (χ0n) is 18.0. The van der Waals surface area contributed by atoms with Gasteiger partial charge in [0.05, 0.1) is 11.4 Å². The molecule has 4 aromatic rings. The van der Waals surface area contributed by atoms with Crippen LogP contribution < -0.4 is 10.0 Å². The number of sulfonamides is 1. The molecule has 0 spiro atoms. The van der Waals surface area contributed by atoms with E-state index in [1.165, 1.54) is 18.5 Å². The van der Waals surface area contributed by atoms with Crippen molar-refractivity contribution in [3.8, 4) is 0 Å². The second kappa shape index (κ2) is 9.66. The summed E-state index contributed by atoms with van der Waals surface area (Å²) < 4.78 is 29.8.